The van der Waals surface area contributed by atoms with Gasteiger partial charge in [0.1, 0.15) is 12.4 Å². The van der Waals surface area contributed by atoms with Crippen LogP contribution in [0.15, 0.2) is 48.4 Å². The third kappa shape index (κ3) is 6.92. The van der Waals surface area contributed by atoms with Gasteiger partial charge in [-0.05, 0) is 61.2 Å². The lowest BCUT2D eigenvalue weighted by Crippen LogP contribution is -2.48. The minimum atomic E-state index is -0.628. The molecule has 2 aromatic rings. The Bertz CT molecular complexity index is 940. The predicted molar refractivity (Wildman–Crippen MR) is 135 cm³/mol. The number of carbonyl (C=O) groups is 1. The Morgan fingerprint density at radius 2 is 2.12 bits per heavy atom. The van der Waals surface area contributed by atoms with Crippen LogP contribution in [0.2, 0.25) is 0 Å². The third-order valence-corrected chi connectivity index (χ3v) is 7.43. The lowest BCUT2D eigenvalue weighted by Gasteiger charge is -2.37. The van der Waals surface area contributed by atoms with Crippen LogP contribution in [0.4, 0.5) is 0 Å². The molecule has 0 unspecified atom stereocenters. The molecule has 0 spiro atoms. The highest BCUT2D eigenvalue weighted by Crippen LogP contribution is 2.34. The fourth-order valence-electron chi connectivity index (χ4n) is 4.47. The molecule has 1 fully saturated rings. The Hall–Kier alpha value is -2.19. The van der Waals surface area contributed by atoms with Crippen LogP contribution in [0.25, 0.3) is 0 Å². The van der Waals surface area contributed by atoms with Crippen LogP contribution in [0.3, 0.4) is 0 Å². The Labute approximate surface area is 206 Å². The van der Waals surface area contributed by atoms with Gasteiger partial charge in [0, 0.05) is 24.5 Å². The lowest BCUT2D eigenvalue weighted by atomic mass is 10.0. The summed E-state index contributed by atoms with van der Waals surface area (Å²) in [6.07, 6.45) is 4.31. The van der Waals surface area contributed by atoms with Gasteiger partial charge in [-0.1, -0.05) is 23.8 Å². The van der Waals surface area contributed by atoms with Gasteiger partial charge in [-0.25, -0.2) is 0 Å². The largest absolute Gasteiger partial charge is 0.491 e. The first kappa shape index (κ1) is 24.9. The van der Waals surface area contributed by atoms with Crippen molar-refractivity contribution in [2.45, 2.75) is 38.3 Å². The average molecular weight is 485 g/mol. The first-order chi connectivity index (χ1) is 16.5. The quantitative estimate of drug-likeness (QED) is 0.346. The summed E-state index contributed by atoms with van der Waals surface area (Å²) < 4.78 is 11.5. The summed E-state index contributed by atoms with van der Waals surface area (Å²) in [6.45, 7) is 9.05. The molecule has 0 radical (unpaired) electrons. The molecule has 0 bridgehead atoms. The maximum atomic E-state index is 13.6. The zero-order valence-electron chi connectivity index (χ0n) is 20.0. The van der Waals surface area contributed by atoms with E-state index in [4.69, 9.17) is 9.47 Å². The average Bonchev–Trinajstić information content (AvgIpc) is 3.50. The Kier molecular flexibility index (Phi) is 8.78. The summed E-state index contributed by atoms with van der Waals surface area (Å²) in [5.74, 6) is 1.53. The van der Waals surface area contributed by atoms with Gasteiger partial charge in [-0.3, -0.25) is 9.69 Å². The van der Waals surface area contributed by atoms with E-state index < -0.39 is 6.10 Å². The number of fused-ring (bicyclic) bond motifs is 1. The molecule has 1 aromatic heterocycles. The van der Waals surface area contributed by atoms with E-state index in [0.717, 1.165) is 18.7 Å². The Balaban J connectivity index is 1.41. The van der Waals surface area contributed by atoms with Gasteiger partial charge in [0.05, 0.1) is 31.9 Å². The SMILES string of the molecule is C=CCOC[C@@H](O)CN(CC(=O)N1CCc2sccc2[C@H]1COc1ccc(C)cc1)CC1CC1. The summed E-state index contributed by atoms with van der Waals surface area (Å²) in [4.78, 5) is 19.0. The Morgan fingerprint density at radius 3 is 2.85 bits per heavy atom. The molecule has 0 saturated heterocycles. The van der Waals surface area contributed by atoms with Crippen molar-refractivity contribution in [3.05, 3.63) is 64.4 Å². The van der Waals surface area contributed by atoms with E-state index in [0.29, 0.717) is 38.8 Å². The highest BCUT2D eigenvalue weighted by molar-refractivity contribution is 7.10. The van der Waals surface area contributed by atoms with Crippen molar-refractivity contribution in [1.29, 1.82) is 0 Å². The predicted octanol–water partition coefficient (Wildman–Crippen LogP) is 3.84. The normalized spacial score (nSPS) is 18.6. The number of aryl methyl sites for hydroxylation is 1. The molecule has 2 heterocycles. The van der Waals surface area contributed by atoms with Crippen LogP contribution in [0.5, 0.6) is 5.75 Å². The van der Waals surface area contributed by atoms with Crippen molar-refractivity contribution in [3.63, 3.8) is 0 Å². The fraction of sp³-hybridized carbons (Fsp3) is 0.519. The number of rotatable bonds is 13. The number of ether oxygens (including phenoxy) is 2. The summed E-state index contributed by atoms with van der Waals surface area (Å²) in [5.41, 5.74) is 2.39. The van der Waals surface area contributed by atoms with Crippen molar-refractivity contribution in [2.75, 3.05) is 46.0 Å². The summed E-state index contributed by atoms with van der Waals surface area (Å²) >= 11 is 1.76. The maximum Gasteiger partial charge on any atom is 0.237 e. The second-order valence-electron chi connectivity index (χ2n) is 9.39. The smallest absolute Gasteiger partial charge is 0.237 e. The number of carbonyl (C=O) groups excluding carboxylic acids is 1. The highest BCUT2D eigenvalue weighted by Gasteiger charge is 2.34. The van der Waals surface area contributed by atoms with Gasteiger partial charge in [0.15, 0.2) is 0 Å². The number of aliphatic hydroxyl groups excluding tert-OH is 1. The van der Waals surface area contributed by atoms with E-state index >= 15 is 0 Å². The van der Waals surface area contributed by atoms with Crippen LogP contribution >= 0.6 is 11.3 Å². The van der Waals surface area contributed by atoms with Crippen LogP contribution in [0, 0.1) is 12.8 Å². The van der Waals surface area contributed by atoms with Gasteiger partial charge >= 0.3 is 0 Å². The van der Waals surface area contributed by atoms with Crippen LogP contribution in [-0.2, 0) is 16.0 Å². The second kappa shape index (κ2) is 12.0. The third-order valence-electron chi connectivity index (χ3n) is 6.43. The van der Waals surface area contributed by atoms with Crippen LogP contribution < -0.4 is 4.74 Å². The van der Waals surface area contributed by atoms with Crippen molar-refractivity contribution in [1.82, 2.24) is 9.80 Å². The van der Waals surface area contributed by atoms with Crippen molar-refractivity contribution < 1.29 is 19.4 Å². The standard InChI is InChI=1S/C27H36N2O4S/c1-3-13-32-18-22(30)16-28(15-21-6-7-21)17-27(31)29-12-10-26-24(11-14-34-26)25(29)19-33-23-8-4-20(2)5-9-23/h3-5,8-9,11,14,21-22,25,30H,1,6-7,10,12-13,15-19H2,2H3/t22-,25+/m0/s1. The molecule has 6 nitrogen and oxygen atoms in total. The topological polar surface area (TPSA) is 62.2 Å². The van der Waals surface area contributed by atoms with E-state index in [-0.39, 0.29) is 18.6 Å². The zero-order chi connectivity index (χ0) is 23.9. The number of aliphatic hydroxyl groups is 1. The van der Waals surface area contributed by atoms with E-state index in [1.807, 2.05) is 29.2 Å². The molecule has 34 heavy (non-hydrogen) atoms. The van der Waals surface area contributed by atoms with E-state index in [2.05, 4.69) is 29.8 Å². The van der Waals surface area contributed by atoms with Gasteiger partial charge in [-0.15, -0.1) is 17.9 Å². The van der Waals surface area contributed by atoms with Gasteiger partial charge < -0.3 is 19.5 Å². The molecule has 2 aliphatic rings. The van der Waals surface area contributed by atoms with E-state index in [1.165, 1.54) is 28.8 Å². The lowest BCUT2D eigenvalue weighted by molar-refractivity contribution is -0.136. The van der Waals surface area contributed by atoms with Gasteiger partial charge in [0.25, 0.3) is 0 Å². The molecule has 7 heteroatoms. The fourth-order valence-corrected chi connectivity index (χ4v) is 5.40. The first-order valence-corrected chi connectivity index (χ1v) is 13.1. The molecule has 1 aliphatic carbocycles. The molecule has 1 saturated carbocycles. The van der Waals surface area contributed by atoms with Gasteiger partial charge in [-0.2, -0.15) is 0 Å². The molecule has 1 N–H and O–H groups in total. The van der Waals surface area contributed by atoms with Crippen molar-refractivity contribution >= 4 is 17.2 Å². The molecule has 2 atom stereocenters. The number of thiophene rings is 1. The zero-order valence-corrected chi connectivity index (χ0v) is 20.8. The first-order valence-electron chi connectivity index (χ1n) is 12.2. The van der Waals surface area contributed by atoms with E-state index in [9.17, 15) is 9.90 Å². The number of hydrogen-bond acceptors (Lipinski definition) is 6. The molecular weight excluding hydrogens is 448 g/mol. The van der Waals surface area contributed by atoms with Crippen molar-refractivity contribution in [2.24, 2.45) is 5.92 Å². The summed E-state index contributed by atoms with van der Waals surface area (Å²) in [5, 5.41) is 12.6. The molecule has 4 rings (SSSR count). The molecule has 1 aliphatic heterocycles. The molecule has 1 amide bonds. The monoisotopic (exact) mass is 484 g/mol. The van der Waals surface area contributed by atoms with E-state index in [1.54, 1.807) is 17.4 Å². The number of amides is 1. The number of benzene rings is 1. The minimum Gasteiger partial charge on any atom is -0.491 e. The minimum absolute atomic E-state index is 0.0919. The van der Waals surface area contributed by atoms with Crippen molar-refractivity contribution in [3.8, 4) is 5.75 Å². The van der Waals surface area contributed by atoms with Crippen LogP contribution in [-0.4, -0.2) is 72.9 Å². The summed E-state index contributed by atoms with van der Waals surface area (Å²) in [7, 11) is 0. The highest BCUT2D eigenvalue weighted by atomic mass is 32.1. The second-order valence-corrected chi connectivity index (χ2v) is 10.4. The number of nitrogens with zero attached hydrogens (tertiary/aromatic N) is 2. The van der Waals surface area contributed by atoms with Gasteiger partial charge in [0.2, 0.25) is 5.91 Å². The molecule has 184 valence electrons. The van der Waals surface area contributed by atoms with Crippen LogP contribution in [0.1, 0.15) is 34.9 Å². The molecule has 1 aromatic carbocycles. The molecular formula is C27H36N2O4S. The summed E-state index contributed by atoms with van der Waals surface area (Å²) in [6, 6.07) is 10.1. The maximum absolute atomic E-state index is 13.6. The number of hydrogen-bond donors (Lipinski definition) is 1. The Morgan fingerprint density at radius 1 is 1.32 bits per heavy atom.